The van der Waals surface area contributed by atoms with Crippen LogP contribution in [0.5, 0.6) is 11.5 Å². The van der Waals surface area contributed by atoms with Crippen LogP contribution >= 0.6 is 23.1 Å². The Morgan fingerprint density at radius 1 is 1.11 bits per heavy atom. The second-order valence-electron chi connectivity index (χ2n) is 6.98. The van der Waals surface area contributed by atoms with E-state index in [1.54, 1.807) is 23.1 Å². The van der Waals surface area contributed by atoms with E-state index < -0.39 is 0 Å². The van der Waals surface area contributed by atoms with E-state index in [9.17, 15) is 0 Å². The van der Waals surface area contributed by atoms with E-state index in [0.717, 1.165) is 33.1 Å². The molecule has 0 aliphatic carbocycles. The first-order valence-electron chi connectivity index (χ1n) is 9.13. The summed E-state index contributed by atoms with van der Waals surface area (Å²) in [6.45, 7) is 4.73. The van der Waals surface area contributed by atoms with Crippen molar-refractivity contribution in [3.05, 3.63) is 59.0 Å². The molecule has 0 bridgehead atoms. The fourth-order valence-corrected chi connectivity index (χ4v) is 5.01. The highest BCUT2D eigenvalue weighted by atomic mass is 32.2. The Balaban J connectivity index is 1.45. The smallest absolute Gasteiger partial charge is 0.231 e. The Bertz CT molecular complexity index is 1150. The maximum Gasteiger partial charge on any atom is 0.231 e. The quantitative estimate of drug-likeness (QED) is 0.402. The molecule has 0 radical (unpaired) electrons. The summed E-state index contributed by atoms with van der Waals surface area (Å²) < 4.78 is 13.0. The summed E-state index contributed by atoms with van der Waals surface area (Å²) in [6.07, 6.45) is 0. The summed E-state index contributed by atoms with van der Waals surface area (Å²) in [5, 5.41) is 11.8. The van der Waals surface area contributed by atoms with E-state index in [0.29, 0.717) is 12.7 Å². The molecule has 0 N–H and O–H groups in total. The molecule has 0 unspecified atom stereocenters. The molecule has 5 nitrogen and oxygen atoms in total. The first kappa shape index (κ1) is 17.6. The minimum atomic E-state index is 0.296. The number of thiazole rings is 1. The Morgan fingerprint density at radius 3 is 2.89 bits per heavy atom. The summed E-state index contributed by atoms with van der Waals surface area (Å²) in [7, 11) is 0. The lowest BCUT2D eigenvalue weighted by atomic mass is 10.00. The number of thioether (sulfide) groups is 1. The predicted molar refractivity (Wildman–Crippen MR) is 113 cm³/mol. The Labute approximate surface area is 171 Å². The van der Waals surface area contributed by atoms with Crippen molar-refractivity contribution in [2.24, 2.45) is 0 Å². The Morgan fingerprint density at radius 2 is 2.00 bits per heavy atom. The average Bonchev–Trinajstić information content (AvgIpc) is 3.42. The average molecular weight is 410 g/mol. The maximum absolute atomic E-state index is 5.48. The molecule has 2 aromatic heterocycles. The van der Waals surface area contributed by atoms with Gasteiger partial charge in [0.25, 0.3) is 0 Å². The van der Waals surface area contributed by atoms with Gasteiger partial charge in [0, 0.05) is 11.1 Å². The number of hydrogen-bond acceptors (Lipinski definition) is 6. The van der Waals surface area contributed by atoms with Crippen LogP contribution in [0.2, 0.25) is 0 Å². The molecule has 1 aliphatic rings. The number of fused-ring (bicyclic) bond motifs is 2. The zero-order chi connectivity index (χ0) is 19.1. The van der Waals surface area contributed by atoms with Gasteiger partial charge in [-0.3, -0.25) is 4.40 Å². The minimum Gasteiger partial charge on any atom is -0.454 e. The van der Waals surface area contributed by atoms with Crippen molar-refractivity contribution in [2.45, 2.75) is 30.7 Å². The van der Waals surface area contributed by atoms with Crippen molar-refractivity contribution in [1.29, 1.82) is 0 Å². The fourth-order valence-electron chi connectivity index (χ4n) is 3.23. The normalized spacial score (nSPS) is 13.0. The van der Waals surface area contributed by atoms with Crippen LogP contribution in [0.15, 0.2) is 53.0 Å². The lowest BCUT2D eigenvalue weighted by Crippen LogP contribution is -1.93. The van der Waals surface area contributed by atoms with Gasteiger partial charge in [-0.05, 0) is 40.8 Å². The van der Waals surface area contributed by atoms with Crippen LogP contribution in [0, 0.1) is 0 Å². The lowest BCUT2D eigenvalue weighted by molar-refractivity contribution is 0.174. The molecule has 0 atom stereocenters. The molecule has 3 heterocycles. The second kappa shape index (κ2) is 7.14. The van der Waals surface area contributed by atoms with Gasteiger partial charge in [-0.25, -0.2) is 0 Å². The molecule has 28 heavy (non-hydrogen) atoms. The third-order valence-corrected chi connectivity index (χ3v) is 6.59. The number of aromatic nitrogens is 3. The van der Waals surface area contributed by atoms with E-state index in [1.807, 2.05) is 12.1 Å². The molecule has 0 amide bonds. The van der Waals surface area contributed by atoms with Gasteiger partial charge in [-0.15, -0.1) is 21.5 Å². The molecule has 1 aliphatic heterocycles. The van der Waals surface area contributed by atoms with E-state index in [2.05, 4.69) is 64.2 Å². The van der Waals surface area contributed by atoms with Crippen LogP contribution < -0.4 is 9.47 Å². The van der Waals surface area contributed by atoms with Gasteiger partial charge in [0.15, 0.2) is 16.7 Å². The van der Waals surface area contributed by atoms with Crippen LogP contribution in [-0.4, -0.2) is 21.4 Å². The summed E-state index contributed by atoms with van der Waals surface area (Å²) in [5.74, 6) is 2.91. The highest BCUT2D eigenvalue weighted by Gasteiger charge is 2.16. The topological polar surface area (TPSA) is 48.7 Å². The zero-order valence-electron chi connectivity index (χ0n) is 15.6. The Kier molecular flexibility index (Phi) is 4.49. The summed E-state index contributed by atoms with van der Waals surface area (Å²) >= 11 is 3.30. The fraction of sp³-hybridized carbons (Fsp3) is 0.238. The van der Waals surface area contributed by atoms with Crippen molar-refractivity contribution in [3.63, 3.8) is 0 Å². The van der Waals surface area contributed by atoms with Crippen molar-refractivity contribution in [3.8, 4) is 22.8 Å². The maximum atomic E-state index is 5.48. The third-order valence-electron chi connectivity index (χ3n) is 4.77. The SMILES string of the molecule is CC(C)c1cccc(-c2csc3nnc(SCc4ccc5c(c4)OCO5)n23)c1. The minimum absolute atomic E-state index is 0.296. The number of ether oxygens (including phenoxy) is 2. The predicted octanol–water partition coefficient (Wildman–Crippen LogP) is 5.60. The highest BCUT2D eigenvalue weighted by Crippen LogP contribution is 2.36. The number of nitrogens with zero attached hydrogens (tertiary/aromatic N) is 3. The van der Waals surface area contributed by atoms with Crippen LogP contribution in [0.4, 0.5) is 0 Å². The van der Waals surface area contributed by atoms with Gasteiger partial charge in [0.2, 0.25) is 11.8 Å². The number of rotatable bonds is 5. The number of benzene rings is 2. The molecule has 142 valence electrons. The van der Waals surface area contributed by atoms with Gasteiger partial charge >= 0.3 is 0 Å². The van der Waals surface area contributed by atoms with Crippen molar-refractivity contribution in [1.82, 2.24) is 14.6 Å². The largest absolute Gasteiger partial charge is 0.454 e. The second-order valence-corrected chi connectivity index (χ2v) is 8.76. The van der Waals surface area contributed by atoms with Gasteiger partial charge in [-0.2, -0.15) is 0 Å². The van der Waals surface area contributed by atoms with Crippen LogP contribution in [-0.2, 0) is 5.75 Å². The molecule has 5 rings (SSSR count). The molecule has 2 aromatic carbocycles. The van der Waals surface area contributed by atoms with E-state index in [4.69, 9.17) is 9.47 Å². The lowest BCUT2D eigenvalue weighted by Gasteiger charge is -2.08. The molecule has 0 spiro atoms. The first-order valence-corrected chi connectivity index (χ1v) is 11.0. The van der Waals surface area contributed by atoms with Crippen LogP contribution in [0.1, 0.15) is 30.9 Å². The van der Waals surface area contributed by atoms with Gasteiger partial charge in [-0.1, -0.05) is 49.9 Å². The van der Waals surface area contributed by atoms with Crippen molar-refractivity contribution >= 4 is 28.1 Å². The monoisotopic (exact) mass is 409 g/mol. The molecule has 0 saturated heterocycles. The zero-order valence-corrected chi connectivity index (χ0v) is 17.2. The molecule has 4 aromatic rings. The third kappa shape index (κ3) is 3.14. The van der Waals surface area contributed by atoms with Gasteiger partial charge in [0.05, 0.1) is 5.69 Å². The van der Waals surface area contributed by atoms with E-state index in [1.165, 1.54) is 16.7 Å². The Hall–Kier alpha value is -2.51. The van der Waals surface area contributed by atoms with Crippen molar-refractivity contribution in [2.75, 3.05) is 6.79 Å². The highest BCUT2D eigenvalue weighted by molar-refractivity contribution is 7.98. The van der Waals surface area contributed by atoms with Crippen LogP contribution in [0.3, 0.4) is 0 Å². The van der Waals surface area contributed by atoms with E-state index >= 15 is 0 Å². The first-order chi connectivity index (χ1) is 13.7. The van der Waals surface area contributed by atoms with Gasteiger partial charge in [0.1, 0.15) is 0 Å². The molecular weight excluding hydrogens is 390 g/mol. The number of hydrogen-bond donors (Lipinski definition) is 0. The summed E-state index contributed by atoms with van der Waals surface area (Å²) in [4.78, 5) is 0.915. The van der Waals surface area contributed by atoms with Crippen molar-refractivity contribution < 1.29 is 9.47 Å². The van der Waals surface area contributed by atoms with Crippen LogP contribution in [0.25, 0.3) is 16.2 Å². The summed E-state index contributed by atoms with van der Waals surface area (Å²) in [6, 6.07) is 14.8. The standard InChI is InChI=1S/C21H19N3O2S2/c1-13(2)15-4-3-5-16(9-15)17-11-28-21-23-22-20(24(17)21)27-10-14-6-7-18-19(8-14)26-12-25-18/h3-9,11,13H,10,12H2,1-2H3. The molecule has 0 saturated carbocycles. The van der Waals surface area contributed by atoms with E-state index in [-0.39, 0.29) is 0 Å². The molecular formula is C21H19N3O2S2. The molecule has 7 heteroatoms. The summed E-state index contributed by atoms with van der Waals surface area (Å²) in [5.41, 5.74) is 4.84. The molecule has 0 fully saturated rings. The van der Waals surface area contributed by atoms with Gasteiger partial charge < -0.3 is 9.47 Å².